The van der Waals surface area contributed by atoms with E-state index in [4.69, 9.17) is 4.74 Å². The number of nitrogens with zero attached hydrogens (tertiary/aromatic N) is 2. The van der Waals surface area contributed by atoms with Gasteiger partial charge in [-0.3, -0.25) is 4.79 Å². The molecular formula is C22H21N3O2S. The van der Waals surface area contributed by atoms with E-state index < -0.39 is 5.56 Å². The van der Waals surface area contributed by atoms with Crippen molar-refractivity contribution in [1.82, 2.24) is 9.97 Å². The Morgan fingerprint density at radius 3 is 2.57 bits per heavy atom. The number of ether oxygens (including phenoxy) is 1. The Labute approximate surface area is 168 Å². The number of aromatic nitrogens is 2. The number of para-hydroxylation sites is 1. The first-order valence-electron chi connectivity index (χ1n) is 8.79. The van der Waals surface area contributed by atoms with Gasteiger partial charge in [0.15, 0.2) is 5.16 Å². The van der Waals surface area contributed by atoms with E-state index in [1.807, 2.05) is 48.7 Å². The summed E-state index contributed by atoms with van der Waals surface area (Å²) in [5.74, 6) is 1.23. The maximum atomic E-state index is 12.3. The zero-order chi connectivity index (χ0) is 20.3. The van der Waals surface area contributed by atoms with Crippen molar-refractivity contribution in [3.8, 4) is 28.8 Å². The number of nitriles is 1. The highest BCUT2D eigenvalue weighted by Gasteiger charge is 2.18. The summed E-state index contributed by atoms with van der Waals surface area (Å²) in [7, 11) is 0. The highest BCUT2D eigenvalue weighted by Crippen LogP contribution is 2.35. The van der Waals surface area contributed by atoms with Crippen LogP contribution in [0.15, 0.2) is 58.5 Å². The molecule has 28 heavy (non-hydrogen) atoms. The fourth-order valence-electron chi connectivity index (χ4n) is 2.75. The Hall–Kier alpha value is -3.04. The largest absolute Gasteiger partial charge is 0.457 e. The predicted molar refractivity (Wildman–Crippen MR) is 112 cm³/mol. The van der Waals surface area contributed by atoms with Gasteiger partial charge in [-0.15, -0.1) is 0 Å². The van der Waals surface area contributed by atoms with E-state index in [1.54, 1.807) is 6.07 Å². The zero-order valence-corrected chi connectivity index (χ0v) is 17.1. The third-order valence-corrected chi connectivity index (χ3v) is 4.85. The Kier molecular flexibility index (Phi) is 5.57. The summed E-state index contributed by atoms with van der Waals surface area (Å²) in [5.41, 5.74) is 1.58. The third kappa shape index (κ3) is 4.10. The van der Waals surface area contributed by atoms with Gasteiger partial charge in [0.1, 0.15) is 28.8 Å². The van der Waals surface area contributed by atoms with Gasteiger partial charge in [0.25, 0.3) is 5.56 Å². The monoisotopic (exact) mass is 391 g/mol. The van der Waals surface area contributed by atoms with Crippen LogP contribution < -0.4 is 10.3 Å². The molecule has 1 N–H and O–H groups in total. The van der Waals surface area contributed by atoms with Gasteiger partial charge in [0, 0.05) is 5.56 Å². The van der Waals surface area contributed by atoms with E-state index in [1.165, 1.54) is 11.8 Å². The lowest BCUT2D eigenvalue weighted by atomic mass is 9.87. The molecule has 5 nitrogen and oxygen atoms in total. The summed E-state index contributed by atoms with van der Waals surface area (Å²) >= 11 is 1.31. The number of aromatic amines is 1. The number of nitrogens with one attached hydrogen (secondary N) is 1. The molecule has 0 aliphatic carbocycles. The predicted octanol–water partition coefficient (Wildman–Crippen LogP) is 5.12. The van der Waals surface area contributed by atoms with Gasteiger partial charge in [-0.1, -0.05) is 56.8 Å². The van der Waals surface area contributed by atoms with Crippen molar-refractivity contribution in [2.45, 2.75) is 31.3 Å². The van der Waals surface area contributed by atoms with Crippen LogP contribution in [0.25, 0.3) is 11.3 Å². The normalized spacial score (nSPS) is 11.1. The molecule has 0 aliphatic heterocycles. The lowest BCUT2D eigenvalue weighted by Crippen LogP contribution is -2.14. The Morgan fingerprint density at radius 2 is 1.89 bits per heavy atom. The Bertz CT molecular complexity index is 1110. The minimum Gasteiger partial charge on any atom is -0.457 e. The SMILES string of the molecule is CSc1nc(-c2ccccc2Oc2cccc(C(C)(C)C)c2)c(C#N)c(=O)[nH]1. The van der Waals surface area contributed by atoms with Gasteiger partial charge in [0.2, 0.25) is 0 Å². The topological polar surface area (TPSA) is 78.8 Å². The van der Waals surface area contributed by atoms with Crippen LogP contribution in [0.5, 0.6) is 11.5 Å². The molecule has 0 radical (unpaired) electrons. The molecule has 142 valence electrons. The molecule has 3 aromatic rings. The van der Waals surface area contributed by atoms with Crippen molar-refractivity contribution in [2.24, 2.45) is 0 Å². The van der Waals surface area contributed by atoms with E-state index in [-0.39, 0.29) is 11.0 Å². The Morgan fingerprint density at radius 1 is 1.14 bits per heavy atom. The van der Waals surface area contributed by atoms with Gasteiger partial charge in [0.05, 0.1) is 0 Å². The van der Waals surface area contributed by atoms with Crippen molar-refractivity contribution in [2.75, 3.05) is 6.26 Å². The van der Waals surface area contributed by atoms with Crippen LogP contribution in [0.2, 0.25) is 0 Å². The number of H-pyrrole nitrogens is 1. The number of hydrogen-bond acceptors (Lipinski definition) is 5. The summed E-state index contributed by atoms with van der Waals surface area (Å²) in [4.78, 5) is 19.3. The maximum Gasteiger partial charge on any atom is 0.270 e. The number of hydrogen-bond donors (Lipinski definition) is 1. The standard InChI is InChI=1S/C22H21N3O2S/c1-22(2,3)14-8-7-9-15(12-14)27-18-11-6-5-10-16(18)19-17(13-23)20(26)25-21(24-19)28-4/h5-12H,1-4H3,(H,24,25,26). The fraction of sp³-hybridized carbons (Fsp3) is 0.227. The van der Waals surface area contributed by atoms with Crippen LogP contribution in [0, 0.1) is 11.3 Å². The van der Waals surface area contributed by atoms with Gasteiger partial charge in [-0.2, -0.15) is 5.26 Å². The first-order valence-corrected chi connectivity index (χ1v) is 10.0. The second-order valence-corrected chi connectivity index (χ2v) is 8.08. The van der Waals surface area contributed by atoms with Crippen molar-refractivity contribution in [1.29, 1.82) is 5.26 Å². The van der Waals surface area contributed by atoms with E-state index in [0.29, 0.717) is 27.9 Å². The van der Waals surface area contributed by atoms with Crippen LogP contribution >= 0.6 is 11.8 Å². The Balaban J connectivity index is 2.11. The second kappa shape index (κ2) is 7.91. The van der Waals surface area contributed by atoms with Crippen molar-refractivity contribution >= 4 is 11.8 Å². The molecule has 0 spiro atoms. The number of rotatable bonds is 4. The van der Waals surface area contributed by atoms with Crippen molar-refractivity contribution in [3.63, 3.8) is 0 Å². The summed E-state index contributed by atoms with van der Waals surface area (Å²) < 4.78 is 6.14. The average molecular weight is 391 g/mol. The average Bonchev–Trinajstić information content (AvgIpc) is 2.67. The van der Waals surface area contributed by atoms with Crippen molar-refractivity contribution < 1.29 is 4.74 Å². The molecule has 0 unspecified atom stereocenters. The van der Waals surface area contributed by atoms with Gasteiger partial charge in [-0.25, -0.2) is 4.98 Å². The summed E-state index contributed by atoms with van der Waals surface area (Å²) in [6.07, 6.45) is 1.81. The van der Waals surface area contributed by atoms with Crippen LogP contribution in [0.4, 0.5) is 0 Å². The van der Waals surface area contributed by atoms with Crippen molar-refractivity contribution in [3.05, 3.63) is 70.0 Å². The molecule has 6 heteroatoms. The van der Waals surface area contributed by atoms with Gasteiger partial charge < -0.3 is 9.72 Å². The van der Waals surface area contributed by atoms with E-state index in [0.717, 1.165) is 5.56 Å². The summed E-state index contributed by atoms with van der Waals surface area (Å²) in [5, 5.41) is 9.92. The molecule has 0 fully saturated rings. The highest BCUT2D eigenvalue weighted by atomic mass is 32.2. The molecule has 1 aromatic heterocycles. The number of benzene rings is 2. The fourth-order valence-corrected chi connectivity index (χ4v) is 3.13. The summed E-state index contributed by atoms with van der Waals surface area (Å²) in [6.45, 7) is 6.43. The van der Waals surface area contributed by atoms with E-state index in [9.17, 15) is 10.1 Å². The maximum absolute atomic E-state index is 12.3. The highest BCUT2D eigenvalue weighted by molar-refractivity contribution is 7.98. The van der Waals surface area contributed by atoms with Crippen LogP contribution in [0.1, 0.15) is 31.9 Å². The first kappa shape index (κ1) is 19.7. The molecule has 3 rings (SSSR count). The minimum atomic E-state index is -0.457. The van der Waals surface area contributed by atoms with E-state index >= 15 is 0 Å². The minimum absolute atomic E-state index is 0.00556. The first-order chi connectivity index (χ1) is 13.3. The van der Waals surface area contributed by atoms with Crippen LogP contribution in [-0.2, 0) is 5.41 Å². The summed E-state index contributed by atoms with van der Waals surface area (Å²) in [6, 6.07) is 17.2. The number of thioether (sulfide) groups is 1. The molecule has 0 aliphatic rings. The molecule has 1 heterocycles. The lowest BCUT2D eigenvalue weighted by molar-refractivity contribution is 0.480. The van der Waals surface area contributed by atoms with Gasteiger partial charge >= 0.3 is 0 Å². The second-order valence-electron chi connectivity index (χ2n) is 7.29. The van der Waals surface area contributed by atoms with Gasteiger partial charge in [-0.05, 0) is 41.5 Å². The smallest absolute Gasteiger partial charge is 0.270 e. The third-order valence-electron chi connectivity index (χ3n) is 4.27. The molecule has 0 amide bonds. The molecule has 0 saturated heterocycles. The zero-order valence-electron chi connectivity index (χ0n) is 16.2. The van der Waals surface area contributed by atoms with Crippen LogP contribution in [-0.4, -0.2) is 16.2 Å². The molecule has 0 bridgehead atoms. The van der Waals surface area contributed by atoms with E-state index in [2.05, 4.69) is 36.8 Å². The van der Waals surface area contributed by atoms with Crippen LogP contribution in [0.3, 0.4) is 0 Å². The lowest BCUT2D eigenvalue weighted by Gasteiger charge is -2.20. The molecular weight excluding hydrogens is 370 g/mol. The molecule has 0 saturated carbocycles. The quantitative estimate of drug-likeness (QED) is 0.493. The molecule has 2 aromatic carbocycles. The molecule has 0 atom stereocenters.